The summed E-state index contributed by atoms with van der Waals surface area (Å²) in [5, 5.41) is 0.524. The standard InChI is InChI=1S/C22H23ClN4O2/c23-17-6-7-21-24-18(10-22(28)27(21)11-17)12-25-8-9-26-19(13-25)14-29-15-20(26)16-4-2-1-3-5-16/h1-7,10-11,19-20H,8-9,12-15H2/t19-,20-/m1/s1. The summed E-state index contributed by atoms with van der Waals surface area (Å²) in [5.74, 6) is 0. The number of fused-ring (bicyclic) bond motifs is 2. The van der Waals surface area contributed by atoms with Crippen LogP contribution < -0.4 is 5.56 Å². The van der Waals surface area contributed by atoms with Crippen LogP contribution >= 0.6 is 11.6 Å². The molecule has 4 heterocycles. The fourth-order valence-corrected chi connectivity index (χ4v) is 4.61. The number of ether oxygens (including phenoxy) is 1. The Labute approximate surface area is 174 Å². The van der Waals surface area contributed by atoms with Crippen LogP contribution in [0.5, 0.6) is 0 Å². The fraction of sp³-hybridized carbons (Fsp3) is 0.364. The third-order valence-corrected chi connectivity index (χ3v) is 6.07. The topological polar surface area (TPSA) is 50.1 Å². The van der Waals surface area contributed by atoms with Gasteiger partial charge in [0.2, 0.25) is 0 Å². The number of nitrogens with zero attached hydrogens (tertiary/aromatic N) is 4. The Morgan fingerprint density at radius 1 is 1.10 bits per heavy atom. The molecule has 6 nitrogen and oxygen atoms in total. The van der Waals surface area contributed by atoms with Crippen LogP contribution in [-0.2, 0) is 11.3 Å². The minimum atomic E-state index is -0.101. The molecule has 3 aromatic rings. The van der Waals surface area contributed by atoms with E-state index < -0.39 is 0 Å². The molecule has 0 radical (unpaired) electrons. The molecule has 0 aliphatic carbocycles. The van der Waals surface area contributed by atoms with Gasteiger partial charge in [0.25, 0.3) is 5.56 Å². The summed E-state index contributed by atoms with van der Waals surface area (Å²) in [5.41, 5.74) is 2.63. The number of morpholine rings is 1. The van der Waals surface area contributed by atoms with Gasteiger partial charge in [0.15, 0.2) is 0 Å². The molecule has 5 rings (SSSR count). The first-order valence-electron chi connectivity index (χ1n) is 9.96. The highest BCUT2D eigenvalue weighted by Crippen LogP contribution is 2.29. The average Bonchev–Trinajstić information content (AvgIpc) is 2.74. The van der Waals surface area contributed by atoms with Crippen LogP contribution in [0.25, 0.3) is 5.65 Å². The third kappa shape index (κ3) is 3.81. The number of aromatic nitrogens is 2. The van der Waals surface area contributed by atoms with E-state index in [-0.39, 0.29) is 5.56 Å². The van der Waals surface area contributed by atoms with E-state index in [1.54, 1.807) is 24.4 Å². The Hall–Kier alpha value is -2.25. The molecule has 0 amide bonds. The second kappa shape index (κ2) is 7.88. The molecule has 2 aromatic heterocycles. The second-order valence-electron chi connectivity index (χ2n) is 7.75. The summed E-state index contributed by atoms with van der Waals surface area (Å²) in [6.45, 7) is 4.98. The number of hydrogen-bond acceptors (Lipinski definition) is 5. The van der Waals surface area contributed by atoms with Gasteiger partial charge < -0.3 is 4.74 Å². The minimum Gasteiger partial charge on any atom is -0.378 e. The number of piperazine rings is 1. The van der Waals surface area contributed by atoms with Gasteiger partial charge in [0, 0.05) is 44.5 Å². The Balaban J connectivity index is 1.32. The molecule has 1 aromatic carbocycles. The SMILES string of the molecule is O=c1cc(CN2CCN3[C@@H](COC[C@@H]3c3ccccc3)C2)nc2ccc(Cl)cn12. The zero-order valence-corrected chi connectivity index (χ0v) is 16.8. The maximum absolute atomic E-state index is 12.4. The molecule has 0 saturated carbocycles. The number of rotatable bonds is 3. The van der Waals surface area contributed by atoms with Gasteiger partial charge in [-0.1, -0.05) is 41.9 Å². The molecule has 0 unspecified atom stereocenters. The molecular formula is C22H23ClN4O2. The van der Waals surface area contributed by atoms with Gasteiger partial charge in [-0.25, -0.2) is 4.98 Å². The van der Waals surface area contributed by atoms with Crippen molar-refractivity contribution in [3.8, 4) is 0 Å². The van der Waals surface area contributed by atoms with Gasteiger partial charge in [-0.05, 0) is 17.7 Å². The monoisotopic (exact) mass is 410 g/mol. The molecule has 0 spiro atoms. The summed E-state index contributed by atoms with van der Waals surface area (Å²) in [4.78, 5) is 22.0. The normalized spacial score (nSPS) is 23.2. The highest BCUT2D eigenvalue weighted by Gasteiger charge is 2.36. The number of benzene rings is 1. The van der Waals surface area contributed by atoms with Crippen molar-refractivity contribution in [3.63, 3.8) is 0 Å². The Bertz CT molecular complexity index is 1070. The molecule has 2 aliphatic rings. The first-order valence-corrected chi connectivity index (χ1v) is 10.3. The van der Waals surface area contributed by atoms with E-state index in [4.69, 9.17) is 16.3 Å². The van der Waals surface area contributed by atoms with Crippen molar-refractivity contribution in [2.24, 2.45) is 0 Å². The van der Waals surface area contributed by atoms with Crippen LogP contribution in [0.4, 0.5) is 0 Å². The maximum atomic E-state index is 12.4. The molecule has 150 valence electrons. The summed E-state index contributed by atoms with van der Waals surface area (Å²) in [7, 11) is 0. The maximum Gasteiger partial charge on any atom is 0.258 e. The highest BCUT2D eigenvalue weighted by molar-refractivity contribution is 6.30. The van der Waals surface area contributed by atoms with Gasteiger partial charge in [-0.15, -0.1) is 0 Å². The summed E-state index contributed by atoms with van der Waals surface area (Å²) >= 11 is 5.99. The molecule has 2 saturated heterocycles. The minimum absolute atomic E-state index is 0.101. The summed E-state index contributed by atoms with van der Waals surface area (Å²) < 4.78 is 7.43. The summed E-state index contributed by atoms with van der Waals surface area (Å²) in [6.07, 6.45) is 1.61. The molecule has 0 N–H and O–H groups in total. The first kappa shape index (κ1) is 18.8. The van der Waals surface area contributed by atoms with Crippen molar-refractivity contribution in [3.05, 3.63) is 81.4 Å². The number of halogens is 1. The molecule has 7 heteroatoms. The van der Waals surface area contributed by atoms with E-state index in [9.17, 15) is 4.79 Å². The number of hydrogen-bond donors (Lipinski definition) is 0. The van der Waals surface area contributed by atoms with E-state index in [0.717, 1.165) is 38.5 Å². The first-order chi connectivity index (χ1) is 14.2. The zero-order valence-electron chi connectivity index (χ0n) is 16.1. The van der Waals surface area contributed by atoms with Crippen molar-refractivity contribution in [2.75, 3.05) is 32.8 Å². The smallest absolute Gasteiger partial charge is 0.258 e. The lowest BCUT2D eigenvalue weighted by Crippen LogP contribution is -2.58. The molecule has 2 atom stereocenters. The second-order valence-corrected chi connectivity index (χ2v) is 8.19. The predicted molar refractivity (Wildman–Crippen MR) is 112 cm³/mol. The largest absolute Gasteiger partial charge is 0.378 e. The zero-order chi connectivity index (χ0) is 19.8. The summed E-state index contributed by atoms with van der Waals surface area (Å²) in [6, 6.07) is 16.4. The van der Waals surface area contributed by atoms with Gasteiger partial charge >= 0.3 is 0 Å². The molecule has 2 fully saturated rings. The van der Waals surface area contributed by atoms with Gasteiger partial charge in [-0.3, -0.25) is 19.0 Å². The molecular weight excluding hydrogens is 388 g/mol. The predicted octanol–water partition coefficient (Wildman–Crippen LogP) is 2.61. The Morgan fingerprint density at radius 2 is 1.97 bits per heavy atom. The van der Waals surface area contributed by atoms with E-state index in [1.165, 1.54) is 9.96 Å². The van der Waals surface area contributed by atoms with Crippen molar-refractivity contribution >= 4 is 17.2 Å². The molecule has 2 aliphatic heterocycles. The van der Waals surface area contributed by atoms with Gasteiger partial charge in [-0.2, -0.15) is 0 Å². The van der Waals surface area contributed by atoms with Crippen LogP contribution in [0.2, 0.25) is 5.02 Å². The Kier molecular flexibility index (Phi) is 5.09. The van der Waals surface area contributed by atoms with Crippen LogP contribution in [0, 0.1) is 0 Å². The lowest BCUT2D eigenvalue weighted by Gasteiger charge is -2.48. The molecule has 29 heavy (non-hydrogen) atoms. The van der Waals surface area contributed by atoms with Crippen molar-refractivity contribution in [1.29, 1.82) is 0 Å². The molecule has 0 bridgehead atoms. The van der Waals surface area contributed by atoms with E-state index >= 15 is 0 Å². The van der Waals surface area contributed by atoms with Gasteiger partial charge in [0.05, 0.1) is 30.0 Å². The Morgan fingerprint density at radius 3 is 2.83 bits per heavy atom. The lowest BCUT2D eigenvalue weighted by molar-refractivity contribution is -0.0837. The van der Waals surface area contributed by atoms with Crippen LogP contribution in [0.3, 0.4) is 0 Å². The third-order valence-electron chi connectivity index (χ3n) is 5.85. The van der Waals surface area contributed by atoms with E-state index in [2.05, 4.69) is 45.1 Å². The number of pyridine rings is 1. The van der Waals surface area contributed by atoms with E-state index in [1.807, 2.05) is 0 Å². The van der Waals surface area contributed by atoms with Crippen molar-refractivity contribution in [1.82, 2.24) is 19.2 Å². The highest BCUT2D eigenvalue weighted by atomic mass is 35.5. The quantitative estimate of drug-likeness (QED) is 0.664. The van der Waals surface area contributed by atoms with Crippen molar-refractivity contribution < 1.29 is 4.74 Å². The van der Waals surface area contributed by atoms with Gasteiger partial charge in [0.1, 0.15) is 5.65 Å². The van der Waals surface area contributed by atoms with Crippen LogP contribution in [0.15, 0.2) is 59.5 Å². The lowest BCUT2D eigenvalue weighted by atomic mass is 10.00. The average molecular weight is 411 g/mol. The van der Waals surface area contributed by atoms with Crippen molar-refractivity contribution in [2.45, 2.75) is 18.6 Å². The van der Waals surface area contributed by atoms with Crippen LogP contribution in [0.1, 0.15) is 17.3 Å². The van der Waals surface area contributed by atoms with Crippen LogP contribution in [-0.4, -0.2) is 58.1 Å². The van der Waals surface area contributed by atoms with E-state index in [0.29, 0.717) is 29.3 Å². The fourth-order valence-electron chi connectivity index (χ4n) is 4.45.